The van der Waals surface area contributed by atoms with Crippen LogP contribution in [0.5, 0.6) is 0 Å². The van der Waals surface area contributed by atoms with Crippen molar-refractivity contribution in [3.05, 3.63) is 35.9 Å². The summed E-state index contributed by atoms with van der Waals surface area (Å²) >= 11 is 0. The molecule has 100 valence electrons. The van der Waals surface area contributed by atoms with Gasteiger partial charge in [0.2, 0.25) is 0 Å². The highest BCUT2D eigenvalue weighted by molar-refractivity contribution is 5.81. The minimum absolute atomic E-state index is 0.281. The summed E-state index contributed by atoms with van der Waals surface area (Å²) in [4.78, 5) is 7.14. The van der Waals surface area contributed by atoms with Gasteiger partial charge in [0, 0.05) is 25.1 Å². The van der Waals surface area contributed by atoms with E-state index in [9.17, 15) is 5.11 Å². The molecule has 0 saturated carbocycles. The first-order valence-electron chi connectivity index (χ1n) is 7.00. The van der Waals surface area contributed by atoms with Crippen LogP contribution < -0.4 is 4.90 Å². The van der Waals surface area contributed by atoms with E-state index in [-0.39, 0.29) is 6.61 Å². The monoisotopic (exact) mass is 256 g/mol. The molecule has 1 aromatic carbocycles. The first-order valence-corrected chi connectivity index (χ1v) is 7.00. The predicted octanol–water partition coefficient (Wildman–Crippen LogP) is 2.75. The number of fused-ring (bicyclic) bond motifs is 1. The molecular weight excluding hydrogens is 236 g/mol. The van der Waals surface area contributed by atoms with Gasteiger partial charge in [0.1, 0.15) is 5.82 Å². The number of aliphatic hydroxyl groups excluding tert-OH is 1. The second kappa shape index (κ2) is 5.17. The Morgan fingerprint density at radius 2 is 2.21 bits per heavy atom. The second-order valence-electron chi connectivity index (χ2n) is 5.46. The molecule has 0 spiro atoms. The van der Waals surface area contributed by atoms with Crippen molar-refractivity contribution in [2.45, 2.75) is 19.8 Å². The summed E-state index contributed by atoms with van der Waals surface area (Å²) in [6.45, 7) is 4.37. The van der Waals surface area contributed by atoms with Gasteiger partial charge in [-0.15, -0.1) is 0 Å². The highest BCUT2D eigenvalue weighted by Gasteiger charge is 2.21. The molecule has 1 aliphatic heterocycles. The SMILES string of the molecule is Cc1cc2ccccc2nc1N1CCCC(CO)C1. The fourth-order valence-electron chi connectivity index (χ4n) is 2.94. The molecule has 3 rings (SSSR count). The number of hydrogen-bond donors (Lipinski definition) is 1. The van der Waals surface area contributed by atoms with E-state index < -0.39 is 0 Å². The topological polar surface area (TPSA) is 36.4 Å². The van der Waals surface area contributed by atoms with Crippen molar-refractivity contribution >= 4 is 16.7 Å². The van der Waals surface area contributed by atoms with Crippen LogP contribution in [-0.2, 0) is 0 Å². The standard InChI is InChI=1S/C16H20N2O/c1-12-9-14-6-2-3-7-15(14)17-16(12)18-8-4-5-13(10-18)11-19/h2-3,6-7,9,13,19H,4-5,8,10-11H2,1H3. The van der Waals surface area contributed by atoms with Gasteiger partial charge in [-0.1, -0.05) is 18.2 Å². The minimum atomic E-state index is 0.281. The second-order valence-corrected chi connectivity index (χ2v) is 5.46. The lowest BCUT2D eigenvalue weighted by Gasteiger charge is -2.33. The molecule has 19 heavy (non-hydrogen) atoms. The Hall–Kier alpha value is -1.61. The lowest BCUT2D eigenvalue weighted by molar-refractivity contribution is 0.208. The summed E-state index contributed by atoms with van der Waals surface area (Å²) in [6, 6.07) is 10.4. The number of hydrogen-bond acceptors (Lipinski definition) is 3. The van der Waals surface area contributed by atoms with Crippen LogP contribution in [0.15, 0.2) is 30.3 Å². The van der Waals surface area contributed by atoms with Crippen molar-refractivity contribution in [3.8, 4) is 0 Å². The molecule has 0 aliphatic carbocycles. The lowest BCUT2D eigenvalue weighted by atomic mass is 9.98. The number of piperidine rings is 1. The summed E-state index contributed by atoms with van der Waals surface area (Å²) in [5.74, 6) is 1.47. The van der Waals surface area contributed by atoms with Gasteiger partial charge in [0.05, 0.1) is 5.52 Å². The number of nitrogens with zero attached hydrogens (tertiary/aromatic N) is 2. The Balaban J connectivity index is 1.97. The number of para-hydroxylation sites is 1. The Labute approximate surface area is 113 Å². The number of pyridine rings is 1. The molecule has 0 bridgehead atoms. The highest BCUT2D eigenvalue weighted by atomic mass is 16.3. The highest BCUT2D eigenvalue weighted by Crippen LogP contribution is 2.27. The van der Waals surface area contributed by atoms with Gasteiger partial charge in [0.25, 0.3) is 0 Å². The van der Waals surface area contributed by atoms with Gasteiger partial charge in [-0.2, -0.15) is 0 Å². The van der Waals surface area contributed by atoms with Crippen molar-refractivity contribution in [2.75, 3.05) is 24.6 Å². The number of aromatic nitrogens is 1. The quantitative estimate of drug-likeness (QED) is 0.897. The Kier molecular flexibility index (Phi) is 3.38. The van der Waals surface area contributed by atoms with Gasteiger partial charge < -0.3 is 10.0 Å². The van der Waals surface area contributed by atoms with Gasteiger partial charge in [0.15, 0.2) is 0 Å². The maximum Gasteiger partial charge on any atom is 0.132 e. The van der Waals surface area contributed by atoms with E-state index in [4.69, 9.17) is 4.98 Å². The average molecular weight is 256 g/mol. The van der Waals surface area contributed by atoms with Gasteiger partial charge >= 0.3 is 0 Å². The summed E-state index contributed by atoms with van der Waals surface area (Å²) in [7, 11) is 0. The third kappa shape index (κ3) is 2.43. The van der Waals surface area contributed by atoms with Gasteiger partial charge in [-0.3, -0.25) is 0 Å². The van der Waals surface area contributed by atoms with Crippen molar-refractivity contribution in [1.82, 2.24) is 4.98 Å². The largest absolute Gasteiger partial charge is 0.396 e. The zero-order chi connectivity index (χ0) is 13.2. The Morgan fingerprint density at radius 1 is 1.37 bits per heavy atom. The smallest absolute Gasteiger partial charge is 0.132 e. The third-order valence-electron chi connectivity index (χ3n) is 3.96. The molecule has 2 heterocycles. The van der Waals surface area contributed by atoms with Crippen molar-refractivity contribution < 1.29 is 5.11 Å². The van der Waals surface area contributed by atoms with Gasteiger partial charge in [-0.25, -0.2) is 4.98 Å². The van der Waals surface area contributed by atoms with Crippen LogP contribution in [0, 0.1) is 12.8 Å². The Morgan fingerprint density at radius 3 is 3.05 bits per heavy atom. The zero-order valence-corrected chi connectivity index (χ0v) is 11.3. The van der Waals surface area contributed by atoms with Crippen molar-refractivity contribution in [3.63, 3.8) is 0 Å². The molecule has 1 N–H and O–H groups in total. The van der Waals surface area contributed by atoms with Crippen LogP contribution >= 0.6 is 0 Å². The molecule has 1 atom stereocenters. The van der Waals surface area contributed by atoms with E-state index in [1.54, 1.807) is 0 Å². The van der Waals surface area contributed by atoms with E-state index in [1.807, 2.05) is 12.1 Å². The average Bonchev–Trinajstić information content (AvgIpc) is 2.46. The first-order chi connectivity index (χ1) is 9.28. The molecule has 1 saturated heterocycles. The third-order valence-corrected chi connectivity index (χ3v) is 3.96. The number of anilines is 1. The molecule has 1 aliphatic rings. The number of aryl methyl sites for hydroxylation is 1. The van der Waals surface area contributed by atoms with Crippen LogP contribution in [0.3, 0.4) is 0 Å². The molecule has 1 unspecified atom stereocenters. The summed E-state index contributed by atoms with van der Waals surface area (Å²) < 4.78 is 0. The molecule has 1 aromatic heterocycles. The normalized spacial score (nSPS) is 19.9. The maximum atomic E-state index is 9.35. The zero-order valence-electron chi connectivity index (χ0n) is 11.3. The summed E-state index contributed by atoms with van der Waals surface area (Å²) in [5, 5.41) is 10.5. The predicted molar refractivity (Wildman–Crippen MR) is 78.5 cm³/mol. The Bertz CT molecular complexity index is 582. The molecule has 1 fully saturated rings. The van der Waals surface area contributed by atoms with E-state index in [0.29, 0.717) is 5.92 Å². The first kappa shape index (κ1) is 12.4. The van der Waals surface area contributed by atoms with Crippen LogP contribution in [0.4, 0.5) is 5.82 Å². The molecule has 3 nitrogen and oxygen atoms in total. The summed E-state index contributed by atoms with van der Waals surface area (Å²) in [5.41, 5.74) is 2.27. The van der Waals surface area contributed by atoms with Gasteiger partial charge in [-0.05, 0) is 43.4 Å². The van der Waals surface area contributed by atoms with E-state index >= 15 is 0 Å². The number of rotatable bonds is 2. The van der Waals surface area contributed by atoms with Crippen molar-refractivity contribution in [1.29, 1.82) is 0 Å². The fourth-order valence-corrected chi connectivity index (χ4v) is 2.94. The lowest BCUT2D eigenvalue weighted by Crippen LogP contribution is -2.37. The molecular formula is C16H20N2O. The minimum Gasteiger partial charge on any atom is -0.396 e. The van der Waals surface area contributed by atoms with E-state index in [1.165, 1.54) is 10.9 Å². The summed E-state index contributed by atoms with van der Waals surface area (Å²) in [6.07, 6.45) is 2.26. The molecule has 3 heteroatoms. The van der Waals surface area contributed by atoms with E-state index in [2.05, 4.69) is 30.0 Å². The fraction of sp³-hybridized carbons (Fsp3) is 0.438. The van der Waals surface area contributed by atoms with E-state index in [0.717, 1.165) is 37.3 Å². The molecule has 2 aromatic rings. The van der Waals surface area contributed by atoms with Crippen LogP contribution in [0.1, 0.15) is 18.4 Å². The van der Waals surface area contributed by atoms with Crippen LogP contribution in [-0.4, -0.2) is 29.8 Å². The van der Waals surface area contributed by atoms with Crippen molar-refractivity contribution in [2.24, 2.45) is 5.92 Å². The van der Waals surface area contributed by atoms with Crippen LogP contribution in [0.25, 0.3) is 10.9 Å². The van der Waals surface area contributed by atoms with Crippen LogP contribution in [0.2, 0.25) is 0 Å². The molecule has 0 amide bonds. The maximum absolute atomic E-state index is 9.35. The number of aliphatic hydroxyl groups is 1. The molecule has 0 radical (unpaired) electrons. The number of benzene rings is 1.